The molecule has 6 nitrogen and oxygen atoms in total. The van der Waals surface area contributed by atoms with Crippen molar-refractivity contribution in [3.63, 3.8) is 0 Å². The van der Waals surface area contributed by atoms with Gasteiger partial charge in [0.25, 0.3) is 11.8 Å². The molecular formula is C25H28N2O4. The topological polar surface area (TPSA) is 89.7 Å². The van der Waals surface area contributed by atoms with E-state index in [9.17, 15) is 14.4 Å². The van der Waals surface area contributed by atoms with Crippen molar-refractivity contribution in [3.05, 3.63) is 59.2 Å². The summed E-state index contributed by atoms with van der Waals surface area (Å²) in [5, 5.41) is 0. The van der Waals surface area contributed by atoms with Gasteiger partial charge in [-0.15, -0.1) is 0 Å². The van der Waals surface area contributed by atoms with Crippen LogP contribution in [0.25, 0.3) is 0 Å². The molecular weight excluding hydrogens is 392 g/mol. The maximum atomic E-state index is 13.0. The van der Waals surface area contributed by atoms with Gasteiger partial charge in [0.05, 0.1) is 22.4 Å². The van der Waals surface area contributed by atoms with Crippen LogP contribution in [0.1, 0.15) is 71.1 Å². The highest BCUT2D eigenvalue weighted by Gasteiger charge is 2.38. The number of nitrogens with two attached hydrogens (primary N) is 1. The fourth-order valence-corrected chi connectivity index (χ4v) is 4.68. The number of carbonyl (C=O) groups is 3. The van der Waals surface area contributed by atoms with E-state index in [1.54, 1.807) is 30.3 Å². The smallest absolute Gasteiger partial charge is 0.338 e. The number of benzene rings is 2. The van der Waals surface area contributed by atoms with E-state index in [1.807, 2.05) is 0 Å². The third kappa shape index (κ3) is 3.94. The molecule has 0 radical (unpaired) electrons. The molecule has 2 aromatic rings. The van der Waals surface area contributed by atoms with E-state index in [2.05, 4.69) is 20.8 Å². The van der Waals surface area contributed by atoms with Gasteiger partial charge in [0, 0.05) is 5.69 Å². The normalized spacial score (nSPS) is 23.2. The molecule has 1 aliphatic heterocycles. The van der Waals surface area contributed by atoms with E-state index in [1.165, 1.54) is 12.1 Å². The van der Waals surface area contributed by atoms with Crippen molar-refractivity contribution in [1.82, 2.24) is 0 Å². The van der Waals surface area contributed by atoms with Crippen LogP contribution in [0.15, 0.2) is 42.5 Å². The van der Waals surface area contributed by atoms with E-state index < -0.39 is 17.8 Å². The number of rotatable bonds is 4. The molecule has 2 N–H and O–H groups in total. The Morgan fingerprint density at radius 2 is 1.71 bits per heavy atom. The molecule has 0 saturated heterocycles. The largest absolute Gasteiger partial charge is 0.458 e. The molecule has 1 heterocycles. The first-order valence-corrected chi connectivity index (χ1v) is 10.9. The predicted octanol–water partition coefficient (Wildman–Crippen LogP) is 4.69. The van der Waals surface area contributed by atoms with Crippen molar-refractivity contribution in [2.75, 3.05) is 10.6 Å². The summed E-state index contributed by atoms with van der Waals surface area (Å²) in [6, 6.07) is 11.1. The highest BCUT2D eigenvalue weighted by Crippen LogP contribution is 2.36. The molecule has 3 atom stereocenters. The Hall–Kier alpha value is -3.15. The molecule has 2 aliphatic rings. The van der Waals surface area contributed by atoms with E-state index in [-0.39, 0.29) is 17.2 Å². The van der Waals surface area contributed by atoms with Gasteiger partial charge in [-0.1, -0.05) is 27.2 Å². The molecule has 0 spiro atoms. The Kier molecular flexibility index (Phi) is 5.56. The summed E-state index contributed by atoms with van der Waals surface area (Å²) < 4.78 is 5.91. The number of nitrogens with zero attached hydrogens (tertiary/aromatic N) is 1. The summed E-state index contributed by atoms with van der Waals surface area (Å²) in [4.78, 5) is 39.8. The number of anilines is 2. The second-order valence-electron chi connectivity index (χ2n) is 9.07. The van der Waals surface area contributed by atoms with Gasteiger partial charge in [0.15, 0.2) is 0 Å². The van der Waals surface area contributed by atoms with Crippen molar-refractivity contribution >= 4 is 29.2 Å². The molecule has 0 bridgehead atoms. The maximum Gasteiger partial charge on any atom is 0.338 e. The van der Waals surface area contributed by atoms with E-state index >= 15 is 0 Å². The first-order chi connectivity index (χ1) is 14.8. The van der Waals surface area contributed by atoms with Crippen molar-refractivity contribution in [2.24, 2.45) is 17.8 Å². The van der Waals surface area contributed by atoms with Crippen LogP contribution < -0.4 is 10.6 Å². The first-order valence-electron chi connectivity index (χ1n) is 10.9. The lowest BCUT2D eigenvalue weighted by Gasteiger charge is -2.36. The SMILES string of the molecule is CC1CCC(C(C)C)C(OC(=O)c2ccc3c(c2)C(=O)N(c2ccc(N)cc2)C3=O)C1. The lowest BCUT2D eigenvalue weighted by molar-refractivity contribution is -0.0174. The van der Waals surface area contributed by atoms with Gasteiger partial charge in [-0.3, -0.25) is 9.59 Å². The van der Waals surface area contributed by atoms with Crippen molar-refractivity contribution in [3.8, 4) is 0 Å². The van der Waals surface area contributed by atoms with Crippen molar-refractivity contribution < 1.29 is 19.1 Å². The number of amides is 2. The Morgan fingerprint density at radius 1 is 1.03 bits per heavy atom. The highest BCUT2D eigenvalue weighted by atomic mass is 16.5. The standard InChI is InChI=1S/C25H28N2O4/c1-14(2)19-10-4-15(3)12-22(19)31-25(30)16-5-11-20-21(13-16)24(29)27(23(20)28)18-8-6-17(26)7-9-18/h5-9,11,13-15,19,22H,4,10,12,26H2,1-3H3. The van der Waals surface area contributed by atoms with Crippen LogP contribution in [-0.4, -0.2) is 23.9 Å². The second kappa shape index (κ2) is 8.17. The Labute approximate surface area is 182 Å². The predicted molar refractivity (Wildman–Crippen MR) is 119 cm³/mol. The monoisotopic (exact) mass is 420 g/mol. The number of nitrogen functional groups attached to an aromatic ring is 1. The molecule has 1 fully saturated rings. The fourth-order valence-electron chi connectivity index (χ4n) is 4.68. The van der Waals surface area contributed by atoms with Gasteiger partial charge in [-0.05, 0) is 73.1 Å². The number of hydrogen-bond donors (Lipinski definition) is 1. The minimum absolute atomic E-state index is 0.131. The van der Waals surface area contributed by atoms with Crippen LogP contribution in [0, 0.1) is 17.8 Å². The summed E-state index contributed by atoms with van der Waals surface area (Å²) in [7, 11) is 0. The summed E-state index contributed by atoms with van der Waals surface area (Å²) in [5.41, 5.74) is 7.48. The molecule has 0 aromatic heterocycles. The number of carbonyl (C=O) groups excluding carboxylic acids is 3. The van der Waals surface area contributed by atoms with Crippen LogP contribution in [-0.2, 0) is 4.74 Å². The van der Waals surface area contributed by atoms with Gasteiger partial charge in [0.1, 0.15) is 6.10 Å². The highest BCUT2D eigenvalue weighted by molar-refractivity contribution is 6.34. The van der Waals surface area contributed by atoms with Gasteiger partial charge in [-0.2, -0.15) is 0 Å². The van der Waals surface area contributed by atoms with Gasteiger partial charge in [0.2, 0.25) is 0 Å². The average Bonchev–Trinajstić information content (AvgIpc) is 2.98. The molecule has 31 heavy (non-hydrogen) atoms. The lowest BCUT2D eigenvalue weighted by atomic mass is 9.75. The second-order valence-corrected chi connectivity index (χ2v) is 9.07. The first kappa shape index (κ1) is 21.1. The minimum Gasteiger partial charge on any atom is -0.458 e. The number of hydrogen-bond acceptors (Lipinski definition) is 5. The Bertz CT molecular complexity index is 1030. The summed E-state index contributed by atoms with van der Waals surface area (Å²) in [6.07, 6.45) is 2.91. The van der Waals surface area contributed by atoms with Crippen LogP contribution >= 0.6 is 0 Å². The molecule has 6 heteroatoms. The third-order valence-electron chi connectivity index (χ3n) is 6.49. The van der Waals surface area contributed by atoms with Gasteiger partial charge in [-0.25, -0.2) is 9.69 Å². The number of ether oxygens (including phenoxy) is 1. The fraction of sp³-hybridized carbons (Fsp3) is 0.400. The molecule has 1 aliphatic carbocycles. The zero-order chi connectivity index (χ0) is 22.3. The molecule has 4 rings (SSSR count). The molecule has 162 valence electrons. The molecule has 1 saturated carbocycles. The van der Waals surface area contributed by atoms with E-state index in [4.69, 9.17) is 10.5 Å². The van der Waals surface area contributed by atoms with Crippen LogP contribution in [0.2, 0.25) is 0 Å². The summed E-state index contributed by atoms with van der Waals surface area (Å²) in [6.45, 7) is 6.50. The minimum atomic E-state index is -0.453. The van der Waals surface area contributed by atoms with Gasteiger partial charge >= 0.3 is 5.97 Å². The maximum absolute atomic E-state index is 13.0. The Balaban J connectivity index is 1.57. The zero-order valence-corrected chi connectivity index (χ0v) is 18.1. The quantitative estimate of drug-likeness (QED) is 0.440. The summed E-state index contributed by atoms with van der Waals surface area (Å²) >= 11 is 0. The Morgan fingerprint density at radius 3 is 2.39 bits per heavy atom. The van der Waals surface area contributed by atoms with Gasteiger partial charge < -0.3 is 10.5 Å². The number of fused-ring (bicyclic) bond motifs is 1. The van der Waals surface area contributed by atoms with Crippen molar-refractivity contribution in [2.45, 2.75) is 46.1 Å². The van der Waals surface area contributed by atoms with E-state index in [0.29, 0.717) is 34.7 Å². The van der Waals surface area contributed by atoms with Crippen LogP contribution in [0.3, 0.4) is 0 Å². The number of imide groups is 1. The molecule has 3 unspecified atom stereocenters. The van der Waals surface area contributed by atoms with Crippen molar-refractivity contribution in [1.29, 1.82) is 0 Å². The molecule has 2 amide bonds. The average molecular weight is 421 g/mol. The summed E-state index contributed by atoms with van der Waals surface area (Å²) in [5.74, 6) is -0.0348. The molecule has 2 aromatic carbocycles. The third-order valence-corrected chi connectivity index (χ3v) is 6.49. The zero-order valence-electron chi connectivity index (χ0n) is 18.1. The van der Waals surface area contributed by atoms with Crippen LogP contribution in [0.4, 0.5) is 11.4 Å². The lowest BCUT2D eigenvalue weighted by Crippen LogP contribution is -2.35. The van der Waals surface area contributed by atoms with Crippen LogP contribution in [0.5, 0.6) is 0 Å². The van der Waals surface area contributed by atoms with E-state index in [0.717, 1.165) is 24.2 Å². The number of esters is 1.